The number of aromatic nitrogens is 2. The zero-order valence-electron chi connectivity index (χ0n) is 18.5. The first-order valence-corrected chi connectivity index (χ1v) is 11.4. The lowest BCUT2D eigenvalue weighted by atomic mass is 9.98. The largest absolute Gasteiger partial charge is 0.454 e. The highest BCUT2D eigenvalue weighted by molar-refractivity contribution is 7.18. The van der Waals surface area contributed by atoms with Gasteiger partial charge in [-0.25, -0.2) is 4.79 Å². The lowest BCUT2D eigenvalue weighted by Gasteiger charge is -2.23. The van der Waals surface area contributed by atoms with Gasteiger partial charge in [0.05, 0.1) is 11.6 Å². The first-order chi connectivity index (χ1) is 16.5. The third-order valence-corrected chi connectivity index (χ3v) is 6.19. The summed E-state index contributed by atoms with van der Waals surface area (Å²) in [5.74, 6) is 0.758. The maximum absolute atomic E-state index is 13.0. The number of rotatable bonds is 7. The van der Waals surface area contributed by atoms with E-state index in [9.17, 15) is 9.59 Å². The number of nitrogens with zero attached hydrogens (tertiary/aromatic N) is 3. The number of fused-ring (bicyclic) bond motifs is 1. The summed E-state index contributed by atoms with van der Waals surface area (Å²) in [4.78, 5) is 25.6. The van der Waals surface area contributed by atoms with Crippen LogP contribution in [0.2, 0.25) is 0 Å². The smallest absolute Gasteiger partial charge is 0.319 e. The molecule has 4 rings (SSSR count). The quantitative estimate of drug-likeness (QED) is 0.467. The monoisotopic (exact) mass is 478 g/mol. The van der Waals surface area contributed by atoms with Crippen molar-refractivity contribution in [2.24, 2.45) is 5.92 Å². The Labute approximate surface area is 199 Å². The predicted octanol–water partition coefficient (Wildman–Crippen LogP) is 3.98. The molecule has 11 heteroatoms. The molecular weight excluding hydrogens is 456 g/mol. The molecule has 0 unspecified atom stereocenters. The molecule has 3 amide bonds. The van der Waals surface area contributed by atoms with Crippen molar-refractivity contribution in [1.29, 1.82) is 5.26 Å². The fraction of sp³-hybridized carbons (Fsp3) is 0.261. The van der Waals surface area contributed by atoms with Gasteiger partial charge in [0.25, 0.3) is 0 Å². The van der Waals surface area contributed by atoms with Crippen LogP contribution in [-0.2, 0) is 4.79 Å². The first-order valence-electron chi connectivity index (χ1n) is 10.6. The highest BCUT2D eigenvalue weighted by Gasteiger charge is 2.27. The maximum Gasteiger partial charge on any atom is 0.319 e. The van der Waals surface area contributed by atoms with Crippen LogP contribution < -0.4 is 25.4 Å². The van der Waals surface area contributed by atoms with Gasteiger partial charge in [0.15, 0.2) is 11.5 Å². The van der Waals surface area contributed by atoms with E-state index < -0.39 is 18.0 Å². The summed E-state index contributed by atoms with van der Waals surface area (Å²) in [6.07, 6.45) is 0.668. The molecule has 2 heterocycles. The number of amides is 3. The van der Waals surface area contributed by atoms with E-state index in [-0.39, 0.29) is 12.7 Å². The summed E-state index contributed by atoms with van der Waals surface area (Å²) >= 11 is 1.21. The second-order valence-electron chi connectivity index (χ2n) is 7.62. The Morgan fingerprint density at radius 3 is 2.76 bits per heavy atom. The average Bonchev–Trinajstić information content (AvgIpc) is 3.51. The third-order valence-electron chi connectivity index (χ3n) is 5.31. The van der Waals surface area contributed by atoms with E-state index in [1.54, 1.807) is 30.3 Å². The van der Waals surface area contributed by atoms with E-state index >= 15 is 0 Å². The molecule has 1 aliphatic rings. The highest BCUT2D eigenvalue weighted by Crippen LogP contribution is 2.37. The number of hydrogen-bond donors (Lipinski definition) is 3. The second-order valence-corrected chi connectivity index (χ2v) is 8.60. The van der Waals surface area contributed by atoms with Crippen LogP contribution in [0, 0.1) is 17.2 Å². The number of hydrogen-bond acceptors (Lipinski definition) is 8. The summed E-state index contributed by atoms with van der Waals surface area (Å²) in [6, 6.07) is 12.6. The van der Waals surface area contributed by atoms with Gasteiger partial charge in [-0.1, -0.05) is 37.7 Å². The molecule has 3 N–H and O–H groups in total. The topological polar surface area (TPSA) is 138 Å². The van der Waals surface area contributed by atoms with Gasteiger partial charge in [-0.15, -0.1) is 10.2 Å². The molecule has 0 bridgehead atoms. The average molecular weight is 479 g/mol. The molecule has 0 spiro atoms. The SMILES string of the molecule is CC[C@@H](C)[C@H](NC(=O)Nc1cccc(C#N)c1)C(=O)Nc1nnc(-c2ccc3c(c2)OCO3)s1. The number of ether oxygens (including phenoxy) is 2. The Bertz CT molecular complexity index is 1250. The van der Waals surface area contributed by atoms with Crippen molar-refractivity contribution < 1.29 is 19.1 Å². The van der Waals surface area contributed by atoms with Crippen molar-refractivity contribution in [3.05, 3.63) is 48.0 Å². The fourth-order valence-electron chi connectivity index (χ4n) is 3.28. The molecule has 2 atom stereocenters. The molecule has 2 aromatic carbocycles. The van der Waals surface area contributed by atoms with Gasteiger partial charge in [-0.2, -0.15) is 5.26 Å². The van der Waals surface area contributed by atoms with Gasteiger partial charge in [0, 0.05) is 11.3 Å². The van der Waals surface area contributed by atoms with Crippen LogP contribution in [0.3, 0.4) is 0 Å². The third kappa shape index (κ3) is 5.24. The van der Waals surface area contributed by atoms with Crippen LogP contribution in [0.1, 0.15) is 25.8 Å². The molecule has 10 nitrogen and oxygen atoms in total. The number of nitrogens with one attached hydrogen (secondary N) is 3. The van der Waals surface area contributed by atoms with Crippen LogP contribution in [0.15, 0.2) is 42.5 Å². The lowest BCUT2D eigenvalue weighted by molar-refractivity contribution is -0.119. The molecule has 1 aromatic heterocycles. The number of carbonyl (C=O) groups is 2. The summed E-state index contributed by atoms with van der Waals surface area (Å²) in [5.41, 5.74) is 1.67. The van der Waals surface area contributed by atoms with Crippen LogP contribution in [0.25, 0.3) is 10.6 Å². The van der Waals surface area contributed by atoms with Crippen molar-refractivity contribution in [2.45, 2.75) is 26.3 Å². The zero-order valence-corrected chi connectivity index (χ0v) is 19.3. The van der Waals surface area contributed by atoms with Crippen molar-refractivity contribution in [3.63, 3.8) is 0 Å². The van der Waals surface area contributed by atoms with Gasteiger partial charge in [0.2, 0.25) is 17.8 Å². The Hall–Kier alpha value is -4.17. The second kappa shape index (κ2) is 10.2. The Kier molecular flexibility index (Phi) is 6.89. The Balaban J connectivity index is 1.42. The van der Waals surface area contributed by atoms with E-state index in [1.165, 1.54) is 11.3 Å². The molecule has 0 radical (unpaired) electrons. The predicted molar refractivity (Wildman–Crippen MR) is 127 cm³/mol. The maximum atomic E-state index is 13.0. The zero-order chi connectivity index (χ0) is 24.1. The number of nitriles is 1. The summed E-state index contributed by atoms with van der Waals surface area (Å²) < 4.78 is 10.7. The van der Waals surface area contributed by atoms with E-state index in [4.69, 9.17) is 14.7 Å². The molecule has 34 heavy (non-hydrogen) atoms. The van der Waals surface area contributed by atoms with E-state index in [0.717, 1.165) is 5.56 Å². The van der Waals surface area contributed by atoms with Crippen LogP contribution in [-0.4, -0.2) is 35.0 Å². The Morgan fingerprint density at radius 2 is 1.97 bits per heavy atom. The van der Waals surface area contributed by atoms with Gasteiger partial charge >= 0.3 is 6.03 Å². The molecule has 3 aromatic rings. The lowest BCUT2D eigenvalue weighted by Crippen LogP contribution is -2.49. The summed E-state index contributed by atoms with van der Waals surface area (Å²) in [6.45, 7) is 3.99. The standard InChI is InChI=1S/C23H22N6O4S/c1-3-13(2)19(26-22(31)25-16-6-4-5-14(9-16)11-24)20(30)27-23-29-28-21(34-23)15-7-8-17-18(10-15)33-12-32-17/h4-10,13,19H,3,12H2,1-2H3,(H2,25,26,31)(H,27,29,30)/t13-,19+/m1/s1. The molecule has 0 saturated carbocycles. The minimum Gasteiger partial charge on any atom is -0.454 e. The number of urea groups is 1. The Morgan fingerprint density at radius 1 is 1.15 bits per heavy atom. The molecule has 1 aliphatic heterocycles. The number of carbonyl (C=O) groups excluding carboxylic acids is 2. The molecule has 174 valence electrons. The number of anilines is 2. The van der Waals surface area contributed by atoms with Gasteiger partial charge in [0.1, 0.15) is 11.0 Å². The summed E-state index contributed by atoms with van der Waals surface area (Å²) in [7, 11) is 0. The van der Waals surface area contributed by atoms with Crippen molar-refractivity contribution >= 4 is 34.1 Å². The van der Waals surface area contributed by atoms with Gasteiger partial charge in [-0.05, 0) is 42.3 Å². The van der Waals surface area contributed by atoms with E-state index in [0.29, 0.717) is 39.3 Å². The minimum atomic E-state index is -0.804. The molecule has 0 saturated heterocycles. The molecule has 0 aliphatic carbocycles. The van der Waals surface area contributed by atoms with Gasteiger partial charge in [-0.3, -0.25) is 10.1 Å². The minimum absolute atomic E-state index is 0.141. The van der Waals surface area contributed by atoms with E-state index in [2.05, 4.69) is 26.1 Å². The summed E-state index contributed by atoms with van der Waals surface area (Å²) in [5, 5.41) is 26.3. The van der Waals surface area contributed by atoms with Crippen LogP contribution in [0.5, 0.6) is 11.5 Å². The van der Waals surface area contributed by atoms with Crippen molar-refractivity contribution in [3.8, 4) is 28.1 Å². The highest BCUT2D eigenvalue weighted by atomic mass is 32.1. The molecular formula is C23H22N6O4S. The van der Waals surface area contributed by atoms with Crippen LogP contribution >= 0.6 is 11.3 Å². The van der Waals surface area contributed by atoms with Gasteiger partial charge < -0.3 is 20.1 Å². The first kappa shape index (κ1) is 23.0. The van der Waals surface area contributed by atoms with E-state index in [1.807, 2.05) is 32.0 Å². The van der Waals surface area contributed by atoms with Crippen molar-refractivity contribution in [2.75, 3.05) is 17.4 Å². The van der Waals surface area contributed by atoms with Crippen molar-refractivity contribution in [1.82, 2.24) is 15.5 Å². The normalized spacial score (nSPS) is 13.4. The molecule has 0 fully saturated rings. The van der Waals surface area contributed by atoms with Crippen LogP contribution in [0.4, 0.5) is 15.6 Å². The number of benzene rings is 2. The fourth-order valence-corrected chi connectivity index (χ4v) is 4.02.